The third kappa shape index (κ3) is 4.73. The lowest BCUT2D eigenvalue weighted by Crippen LogP contribution is -2.39. The van der Waals surface area contributed by atoms with Crippen LogP contribution in [0.25, 0.3) is 0 Å². The third-order valence-corrected chi connectivity index (χ3v) is 4.65. The summed E-state index contributed by atoms with van der Waals surface area (Å²) in [6.07, 6.45) is 4.11. The molecule has 1 aromatic carbocycles. The fourth-order valence-corrected chi connectivity index (χ4v) is 3.11. The van der Waals surface area contributed by atoms with Crippen LogP contribution in [0, 0.1) is 13.8 Å². The van der Waals surface area contributed by atoms with Crippen LogP contribution < -0.4 is 4.90 Å². The quantitative estimate of drug-likeness (QED) is 0.841. The number of carboxylic acids is 1. The first-order valence-electron chi connectivity index (χ1n) is 8.33. The first-order chi connectivity index (χ1) is 10.6. The van der Waals surface area contributed by atoms with Crippen LogP contribution in [0.5, 0.6) is 0 Å². The van der Waals surface area contributed by atoms with Crippen molar-refractivity contribution in [3.05, 3.63) is 29.3 Å². The Labute approximate surface area is 133 Å². The molecule has 0 radical (unpaired) electrons. The number of carboxylic acid groups (broad SMARTS) is 1. The molecule has 0 bridgehead atoms. The Morgan fingerprint density at radius 2 is 1.91 bits per heavy atom. The van der Waals surface area contributed by atoms with Crippen molar-refractivity contribution in [2.75, 3.05) is 37.6 Å². The molecule has 2 rings (SSSR count). The number of likely N-dealkylation sites (tertiary alicyclic amines) is 1. The first-order valence-corrected chi connectivity index (χ1v) is 8.33. The lowest BCUT2D eigenvalue weighted by atomic mass is 10.1. The average Bonchev–Trinajstić information content (AvgIpc) is 2.51. The van der Waals surface area contributed by atoms with Crippen molar-refractivity contribution in [1.29, 1.82) is 0 Å². The minimum absolute atomic E-state index is 0.188. The van der Waals surface area contributed by atoms with E-state index >= 15 is 0 Å². The molecule has 1 aliphatic heterocycles. The Morgan fingerprint density at radius 3 is 2.59 bits per heavy atom. The SMILES string of the molecule is Cc1cccc(N(CCC(=O)O)CCN2CCCCC2)c1C. The van der Waals surface area contributed by atoms with Gasteiger partial charge in [-0.05, 0) is 57.0 Å². The van der Waals surface area contributed by atoms with E-state index in [9.17, 15) is 4.79 Å². The van der Waals surface area contributed by atoms with E-state index in [0.717, 1.165) is 13.1 Å². The van der Waals surface area contributed by atoms with Gasteiger partial charge in [-0.1, -0.05) is 18.6 Å². The van der Waals surface area contributed by atoms with Crippen molar-refractivity contribution in [2.24, 2.45) is 0 Å². The maximum atomic E-state index is 11.0. The van der Waals surface area contributed by atoms with E-state index in [2.05, 4.69) is 41.8 Å². The van der Waals surface area contributed by atoms with Gasteiger partial charge in [-0.15, -0.1) is 0 Å². The lowest BCUT2D eigenvalue weighted by molar-refractivity contribution is -0.136. The second-order valence-electron chi connectivity index (χ2n) is 6.25. The molecule has 1 N–H and O–H groups in total. The second-order valence-corrected chi connectivity index (χ2v) is 6.25. The van der Waals surface area contributed by atoms with Gasteiger partial charge in [-0.3, -0.25) is 4.79 Å². The van der Waals surface area contributed by atoms with E-state index in [1.165, 1.54) is 49.2 Å². The van der Waals surface area contributed by atoms with Gasteiger partial charge in [0.15, 0.2) is 0 Å². The number of piperidine rings is 1. The number of rotatable bonds is 7. The zero-order chi connectivity index (χ0) is 15.9. The van der Waals surface area contributed by atoms with Crippen molar-refractivity contribution in [2.45, 2.75) is 39.5 Å². The minimum atomic E-state index is -0.728. The Hall–Kier alpha value is -1.55. The smallest absolute Gasteiger partial charge is 0.305 e. The van der Waals surface area contributed by atoms with E-state index in [0.29, 0.717) is 6.54 Å². The molecule has 1 heterocycles. The number of aliphatic carboxylic acids is 1. The molecule has 0 amide bonds. The maximum absolute atomic E-state index is 11.0. The van der Waals surface area contributed by atoms with Crippen molar-refractivity contribution >= 4 is 11.7 Å². The second kappa shape index (κ2) is 8.18. The van der Waals surface area contributed by atoms with Gasteiger partial charge in [-0.2, -0.15) is 0 Å². The highest BCUT2D eigenvalue weighted by Crippen LogP contribution is 2.23. The summed E-state index contributed by atoms with van der Waals surface area (Å²) < 4.78 is 0. The van der Waals surface area contributed by atoms with Gasteiger partial charge in [0, 0.05) is 25.3 Å². The molecule has 22 heavy (non-hydrogen) atoms. The molecule has 1 aliphatic rings. The number of anilines is 1. The molecule has 1 fully saturated rings. The molecular weight excluding hydrogens is 276 g/mol. The molecule has 0 unspecified atom stereocenters. The molecule has 4 heteroatoms. The van der Waals surface area contributed by atoms with Crippen LogP contribution in [-0.4, -0.2) is 48.7 Å². The molecular formula is C18H28N2O2. The fraction of sp³-hybridized carbons (Fsp3) is 0.611. The molecule has 0 atom stereocenters. The largest absolute Gasteiger partial charge is 0.481 e. The number of hydrogen-bond donors (Lipinski definition) is 1. The molecule has 4 nitrogen and oxygen atoms in total. The number of hydrogen-bond acceptors (Lipinski definition) is 3. The van der Waals surface area contributed by atoms with Gasteiger partial charge in [0.25, 0.3) is 0 Å². The summed E-state index contributed by atoms with van der Waals surface area (Å²) in [7, 11) is 0. The number of carbonyl (C=O) groups is 1. The van der Waals surface area contributed by atoms with Crippen LogP contribution in [0.4, 0.5) is 5.69 Å². The van der Waals surface area contributed by atoms with E-state index in [1.807, 2.05) is 0 Å². The van der Waals surface area contributed by atoms with Crippen molar-refractivity contribution in [1.82, 2.24) is 4.90 Å². The van der Waals surface area contributed by atoms with Crippen molar-refractivity contribution < 1.29 is 9.90 Å². The van der Waals surface area contributed by atoms with Crippen LogP contribution >= 0.6 is 0 Å². The minimum Gasteiger partial charge on any atom is -0.481 e. The predicted octanol–water partition coefficient (Wildman–Crippen LogP) is 3.07. The van der Waals surface area contributed by atoms with E-state index in [-0.39, 0.29) is 6.42 Å². The summed E-state index contributed by atoms with van der Waals surface area (Å²) in [5, 5.41) is 9.01. The highest BCUT2D eigenvalue weighted by molar-refractivity contribution is 5.68. The highest BCUT2D eigenvalue weighted by atomic mass is 16.4. The van der Waals surface area contributed by atoms with Gasteiger partial charge in [0.1, 0.15) is 0 Å². The first kappa shape index (κ1) is 16.8. The monoisotopic (exact) mass is 304 g/mol. The summed E-state index contributed by atoms with van der Waals surface area (Å²) in [6, 6.07) is 6.28. The zero-order valence-corrected chi connectivity index (χ0v) is 13.8. The van der Waals surface area contributed by atoms with Gasteiger partial charge in [-0.25, -0.2) is 0 Å². The van der Waals surface area contributed by atoms with Gasteiger partial charge in [0.05, 0.1) is 6.42 Å². The Kier molecular flexibility index (Phi) is 6.25. The van der Waals surface area contributed by atoms with Crippen LogP contribution in [0.1, 0.15) is 36.8 Å². The standard InChI is InChI=1S/C18H28N2O2/c1-15-7-6-8-17(16(15)2)20(12-9-18(21)22)14-13-19-10-4-3-5-11-19/h6-8H,3-5,9-14H2,1-2H3,(H,21,22). The van der Waals surface area contributed by atoms with Crippen molar-refractivity contribution in [3.63, 3.8) is 0 Å². The van der Waals surface area contributed by atoms with Crippen molar-refractivity contribution in [3.8, 4) is 0 Å². The van der Waals surface area contributed by atoms with Crippen LogP contribution in [0.2, 0.25) is 0 Å². The lowest BCUT2D eigenvalue weighted by Gasteiger charge is -2.32. The molecule has 1 aromatic rings. The summed E-state index contributed by atoms with van der Waals surface area (Å²) in [4.78, 5) is 15.7. The number of benzene rings is 1. The molecule has 0 aliphatic carbocycles. The van der Waals surface area contributed by atoms with Crippen LogP contribution in [0.15, 0.2) is 18.2 Å². The molecule has 1 saturated heterocycles. The van der Waals surface area contributed by atoms with E-state index in [4.69, 9.17) is 5.11 Å². The topological polar surface area (TPSA) is 43.8 Å². The number of nitrogens with zero attached hydrogens (tertiary/aromatic N) is 2. The number of aryl methyl sites for hydroxylation is 1. The normalized spacial score (nSPS) is 15.7. The molecule has 0 aromatic heterocycles. The molecule has 122 valence electrons. The van der Waals surface area contributed by atoms with Crippen LogP contribution in [0.3, 0.4) is 0 Å². The third-order valence-electron chi connectivity index (χ3n) is 4.65. The van der Waals surface area contributed by atoms with Crippen LogP contribution in [-0.2, 0) is 4.79 Å². The Balaban J connectivity index is 2.04. The highest BCUT2D eigenvalue weighted by Gasteiger charge is 2.15. The molecule has 0 saturated carbocycles. The summed E-state index contributed by atoms with van der Waals surface area (Å²) in [6.45, 7) is 9.09. The zero-order valence-electron chi connectivity index (χ0n) is 13.8. The predicted molar refractivity (Wildman–Crippen MR) is 90.7 cm³/mol. The summed E-state index contributed by atoms with van der Waals surface area (Å²) >= 11 is 0. The van der Waals surface area contributed by atoms with Gasteiger partial charge < -0.3 is 14.9 Å². The maximum Gasteiger partial charge on any atom is 0.305 e. The van der Waals surface area contributed by atoms with Gasteiger partial charge >= 0.3 is 5.97 Å². The Morgan fingerprint density at radius 1 is 1.18 bits per heavy atom. The molecule has 0 spiro atoms. The van der Waals surface area contributed by atoms with E-state index in [1.54, 1.807) is 0 Å². The Bertz CT molecular complexity index is 496. The van der Waals surface area contributed by atoms with Gasteiger partial charge in [0.2, 0.25) is 0 Å². The average molecular weight is 304 g/mol. The summed E-state index contributed by atoms with van der Waals surface area (Å²) in [5.74, 6) is -0.728. The van der Waals surface area contributed by atoms with E-state index < -0.39 is 5.97 Å². The fourth-order valence-electron chi connectivity index (χ4n) is 3.11. The summed E-state index contributed by atoms with van der Waals surface area (Å²) in [5.41, 5.74) is 3.69.